The van der Waals surface area contributed by atoms with Crippen LogP contribution >= 0.6 is 0 Å². The molecule has 0 heterocycles. The van der Waals surface area contributed by atoms with Gasteiger partial charge < -0.3 is 15.6 Å². The Balaban J connectivity index is 1.99. The summed E-state index contributed by atoms with van der Waals surface area (Å²) in [5.74, 6) is 0.975. The number of nitrogens with two attached hydrogens (primary N) is 1. The summed E-state index contributed by atoms with van der Waals surface area (Å²) in [4.78, 5) is 0. The topological polar surface area (TPSA) is 55.5 Å². The molecule has 88 valence electrons. The number of hydrogen-bond acceptors (Lipinski definition) is 3. The zero-order valence-electron chi connectivity index (χ0n) is 9.47. The van der Waals surface area contributed by atoms with Crippen LogP contribution in [0.5, 0.6) is 11.5 Å². The Morgan fingerprint density at radius 2 is 1.71 bits per heavy atom. The van der Waals surface area contributed by atoms with Crippen molar-refractivity contribution in [3.63, 3.8) is 0 Å². The maximum Gasteiger partial charge on any atom is 0.120 e. The largest absolute Gasteiger partial charge is 0.508 e. The van der Waals surface area contributed by atoms with E-state index < -0.39 is 0 Å². The van der Waals surface area contributed by atoms with E-state index in [0.29, 0.717) is 13.2 Å². The van der Waals surface area contributed by atoms with Crippen molar-refractivity contribution in [2.24, 2.45) is 5.73 Å². The van der Waals surface area contributed by atoms with Gasteiger partial charge in [0, 0.05) is 6.54 Å². The fourth-order valence-corrected chi connectivity index (χ4v) is 1.56. The molecule has 2 aromatic carbocycles. The highest BCUT2D eigenvalue weighted by atomic mass is 16.5. The fourth-order valence-electron chi connectivity index (χ4n) is 1.56. The Morgan fingerprint density at radius 3 is 2.41 bits per heavy atom. The van der Waals surface area contributed by atoms with Crippen LogP contribution in [0.1, 0.15) is 11.1 Å². The van der Waals surface area contributed by atoms with Crippen molar-refractivity contribution in [2.75, 3.05) is 0 Å². The van der Waals surface area contributed by atoms with Crippen LogP contribution in [-0.2, 0) is 13.2 Å². The van der Waals surface area contributed by atoms with Gasteiger partial charge in [-0.15, -0.1) is 0 Å². The highest BCUT2D eigenvalue weighted by Gasteiger charge is 1.97. The first-order valence-electron chi connectivity index (χ1n) is 5.47. The third-order valence-electron chi connectivity index (χ3n) is 2.47. The lowest BCUT2D eigenvalue weighted by molar-refractivity contribution is 0.305. The molecule has 0 saturated carbocycles. The second-order valence-electron chi connectivity index (χ2n) is 3.81. The molecule has 0 aromatic heterocycles. The van der Waals surface area contributed by atoms with Crippen molar-refractivity contribution in [2.45, 2.75) is 13.2 Å². The van der Waals surface area contributed by atoms with Gasteiger partial charge in [0.15, 0.2) is 0 Å². The Bertz CT molecular complexity index is 480. The van der Waals surface area contributed by atoms with E-state index >= 15 is 0 Å². The number of ether oxygens (including phenoxy) is 1. The van der Waals surface area contributed by atoms with Crippen molar-refractivity contribution in [1.29, 1.82) is 0 Å². The lowest BCUT2D eigenvalue weighted by Gasteiger charge is -2.07. The van der Waals surface area contributed by atoms with E-state index in [9.17, 15) is 0 Å². The summed E-state index contributed by atoms with van der Waals surface area (Å²) in [7, 11) is 0. The quantitative estimate of drug-likeness (QED) is 0.846. The molecule has 0 aliphatic heterocycles. The van der Waals surface area contributed by atoms with Crippen molar-refractivity contribution >= 4 is 0 Å². The predicted molar refractivity (Wildman–Crippen MR) is 66.8 cm³/mol. The van der Waals surface area contributed by atoms with E-state index in [0.717, 1.165) is 16.9 Å². The van der Waals surface area contributed by atoms with Crippen LogP contribution in [0.2, 0.25) is 0 Å². The lowest BCUT2D eigenvalue weighted by Crippen LogP contribution is -1.99. The molecule has 2 rings (SSSR count). The smallest absolute Gasteiger partial charge is 0.120 e. The lowest BCUT2D eigenvalue weighted by atomic mass is 10.1. The van der Waals surface area contributed by atoms with Gasteiger partial charge in [0.05, 0.1) is 0 Å². The van der Waals surface area contributed by atoms with Gasteiger partial charge in [0.1, 0.15) is 18.1 Å². The fraction of sp³-hybridized carbons (Fsp3) is 0.143. The molecule has 0 fully saturated rings. The van der Waals surface area contributed by atoms with Crippen molar-refractivity contribution in [1.82, 2.24) is 0 Å². The van der Waals surface area contributed by atoms with Crippen LogP contribution in [0.4, 0.5) is 0 Å². The van der Waals surface area contributed by atoms with Crippen molar-refractivity contribution < 1.29 is 9.84 Å². The molecule has 0 radical (unpaired) electrons. The van der Waals surface area contributed by atoms with E-state index in [4.69, 9.17) is 15.6 Å². The first kappa shape index (κ1) is 11.5. The molecule has 17 heavy (non-hydrogen) atoms. The molecule has 0 saturated heterocycles. The predicted octanol–water partition coefficient (Wildman–Crippen LogP) is 2.43. The summed E-state index contributed by atoms with van der Waals surface area (Å²) in [5.41, 5.74) is 7.75. The van der Waals surface area contributed by atoms with Gasteiger partial charge in [-0.05, 0) is 35.4 Å². The summed E-state index contributed by atoms with van der Waals surface area (Å²) >= 11 is 0. The molecule has 0 atom stereocenters. The maximum absolute atomic E-state index is 9.14. The molecule has 0 aliphatic carbocycles. The summed E-state index contributed by atoms with van der Waals surface area (Å²) in [6.07, 6.45) is 0. The molecular weight excluding hydrogens is 214 g/mol. The van der Waals surface area contributed by atoms with Gasteiger partial charge in [-0.25, -0.2) is 0 Å². The Kier molecular flexibility index (Phi) is 3.62. The van der Waals surface area contributed by atoms with Crippen molar-refractivity contribution in [3.8, 4) is 11.5 Å². The molecular formula is C14H15NO2. The maximum atomic E-state index is 9.14. The average molecular weight is 229 g/mol. The van der Waals surface area contributed by atoms with Crippen LogP contribution in [0.3, 0.4) is 0 Å². The molecule has 0 bridgehead atoms. The Hall–Kier alpha value is -2.00. The minimum atomic E-state index is 0.238. The second kappa shape index (κ2) is 5.37. The molecule has 0 unspecified atom stereocenters. The molecule has 0 spiro atoms. The second-order valence-corrected chi connectivity index (χ2v) is 3.81. The number of phenols is 1. The van der Waals surface area contributed by atoms with E-state index in [1.165, 1.54) is 0 Å². The summed E-state index contributed by atoms with van der Waals surface area (Å²) < 4.78 is 5.59. The molecule has 3 nitrogen and oxygen atoms in total. The minimum Gasteiger partial charge on any atom is -0.508 e. The van der Waals surface area contributed by atoms with Gasteiger partial charge in [-0.1, -0.05) is 24.3 Å². The molecule has 3 N–H and O–H groups in total. The Labute approximate surface area is 100 Å². The summed E-state index contributed by atoms with van der Waals surface area (Å²) in [5, 5.41) is 9.14. The number of benzene rings is 2. The molecule has 0 aliphatic rings. The number of aromatic hydroxyl groups is 1. The minimum absolute atomic E-state index is 0.238. The van der Waals surface area contributed by atoms with Crippen LogP contribution in [0, 0.1) is 0 Å². The zero-order chi connectivity index (χ0) is 12.1. The standard InChI is InChI=1S/C14H15NO2/c15-9-11-2-1-3-12(8-11)10-17-14-6-4-13(16)5-7-14/h1-8,16H,9-10,15H2. The molecule has 2 aromatic rings. The van der Waals surface area contributed by atoms with E-state index in [1.807, 2.05) is 24.3 Å². The van der Waals surface area contributed by atoms with Crippen LogP contribution < -0.4 is 10.5 Å². The van der Waals surface area contributed by atoms with Gasteiger partial charge in [-0.2, -0.15) is 0 Å². The summed E-state index contributed by atoms with van der Waals surface area (Å²) in [6, 6.07) is 14.7. The Morgan fingerprint density at radius 1 is 1.00 bits per heavy atom. The van der Waals surface area contributed by atoms with Gasteiger partial charge in [0.2, 0.25) is 0 Å². The monoisotopic (exact) mass is 229 g/mol. The first-order valence-corrected chi connectivity index (χ1v) is 5.47. The SMILES string of the molecule is NCc1cccc(COc2ccc(O)cc2)c1. The average Bonchev–Trinajstić information content (AvgIpc) is 2.38. The highest BCUT2D eigenvalue weighted by molar-refractivity contribution is 5.30. The van der Waals surface area contributed by atoms with Crippen molar-refractivity contribution in [3.05, 3.63) is 59.7 Å². The normalized spacial score (nSPS) is 10.2. The van der Waals surface area contributed by atoms with Gasteiger partial charge >= 0.3 is 0 Å². The van der Waals surface area contributed by atoms with Gasteiger partial charge in [0.25, 0.3) is 0 Å². The molecule has 3 heteroatoms. The highest BCUT2D eigenvalue weighted by Crippen LogP contribution is 2.17. The van der Waals surface area contributed by atoms with Crippen LogP contribution in [0.15, 0.2) is 48.5 Å². The van der Waals surface area contributed by atoms with Crippen LogP contribution in [-0.4, -0.2) is 5.11 Å². The van der Waals surface area contributed by atoms with E-state index in [1.54, 1.807) is 24.3 Å². The number of phenolic OH excluding ortho intramolecular Hbond substituents is 1. The number of hydrogen-bond donors (Lipinski definition) is 2. The first-order chi connectivity index (χ1) is 8.28. The van der Waals surface area contributed by atoms with Crippen LogP contribution in [0.25, 0.3) is 0 Å². The molecule has 0 amide bonds. The van der Waals surface area contributed by atoms with E-state index in [-0.39, 0.29) is 5.75 Å². The number of rotatable bonds is 4. The van der Waals surface area contributed by atoms with E-state index in [2.05, 4.69) is 0 Å². The zero-order valence-corrected chi connectivity index (χ0v) is 9.47. The van der Waals surface area contributed by atoms with Gasteiger partial charge in [-0.3, -0.25) is 0 Å². The summed E-state index contributed by atoms with van der Waals surface area (Å²) in [6.45, 7) is 1.03. The third kappa shape index (κ3) is 3.23. The third-order valence-corrected chi connectivity index (χ3v) is 2.47.